The van der Waals surface area contributed by atoms with Gasteiger partial charge in [0.1, 0.15) is 6.04 Å². The molecule has 0 aliphatic carbocycles. The van der Waals surface area contributed by atoms with Gasteiger partial charge < -0.3 is 10.2 Å². The molecule has 3 rings (SSSR count). The summed E-state index contributed by atoms with van der Waals surface area (Å²) in [5.74, 6) is -0.570. The van der Waals surface area contributed by atoms with Gasteiger partial charge in [-0.25, -0.2) is 5.48 Å². The maximum Gasteiger partial charge on any atom is 0.251 e. The number of nitrogens with zero attached hydrogens (tertiary/aromatic N) is 2. The molecule has 2 aromatic carbocycles. The first-order valence-corrected chi connectivity index (χ1v) is 11.2. The first-order valence-electron chi connectivity index (χ1n) is 11.2. The maximum absolute atomic E-state index is 12.7. The molecular weight excluding hydrogens is 420 g/mol. The minimum atomic E-state index is -0.515. The molecule has 0 spiro atoms. The van der Waals surface area contributed by atoms with Gasteiger partial charge in [-0.15, -0.1) is 0 Å². The van der Waals surface area contributed by atoms with Crippen LogP contribution in [0.5, 0.6) is 0 Å². The molecule has 0 radical (unpaired) electrons. The van der Waals surface area contributed by atoms with Crippen molar-refractivity contribution in [1.82, 2.24) is 5.48 Å². The number of rotatable bonds is 9. The molecule has 1 aliphatic rings. The number of fused-ring (bicyclic) bond motifs is 1. The quantitative estimate of drug-likeness (QED) is 0.307. The number of benzene rings is 2. The van der Waals surface area contributed by atoms with Crippen LogP contribution in [0.4, 0.5) is 11.4 Å². The zero-order chi connectivity index (χ0) is 23.8. The van der Waals surface area contributed by atoms with Crippen molar-refractivity contribution in [3.05, 3.63) is 59.7 Å². The highest BCUT2D eigenvalue weighted by atomic mass is 16.5. The van der Waals surface area contributed by atoms with E-state index in [2.05, 4.69) is 5.32 Å². The second-order valence-corrected chi connectivity index (χ2v) is 8.15. The highest BCUT2D eigenvalue weighted by molar-refractivity contribution is 6.20. The zero-order valence-electron chi connectivity index (χ0n) is 19.0. The fourth-order valence-corrected chi connectivity index (χ4v) is 3.84. The van der Waals surface area contributed by atoms with Gasteiger partial charge in [0.2, 0.25) is 11.8 Å². The van der Waals surface area contributed by atoms with Crippen LogP contribution in [0, 0.1) is 0 Å². The largest absolute Gasteiger partial charge is 0.326 e. The normalized spacial score (nSPS) is 15.4. The van der Waals surface area contributed by atoms with Crippen molar-refractivity contribution in [3.63, 3.8) is 0 Å². The van der Waals surface area contributed by atoms with Crippen LogP contribution in [0.25, 0.3) is 0 Å². The number of anilines is 2. The minimum Gasteiger partial charge on any atom is -0.326 e. The van der Waals surface area contributed by atoms with E-state index in [0.29, 0.717) is 24.9 Å². The van der Waals surface area contributed by atoms with Crippen LogP contribution in [0.15, 0.2) is 53.5 Å². The third-order valence-corrected chi connectivity index (χ3v) is 5.64. The van der Waals surface area contributed by atoms with Gasteiger partial charge in [-0.05, 0) is 38.0 Å². The Bertz CT molecular complexity index is 1040. The van der Waals surface area contributed by atoms with Crippen molar-refractivity contribution in [1.29, 1.82) is 0 Å². The number of hydrogen-bond acceptors (Lipinski definition) is 5. The number of hydrogen-bond donors (Lipinski definition) is 3. The smallest absolute Gasteiger partial charge is 0.251 e. The molecule has 1 heterocycles. The maximum atomic E-state index is 12.7. The molecule has 1 aliphatic heterocycles. The lowest BCUT2D eigenvalue weighted by Crippen LogP contribution is -2.33. The lowest BCUT2D eigenvalue weighted by Gasteiger charge is -2.20. The predicted octanol–water partition coefficient (Wildman–Crippen LogP) is 3.67. The summed E-state index contributed by atoms with van der Waals surface area (Å²) < 4.78 is 0. The van der Waals surface area contributed by atoms with Gasteiger partial charge in [0.05, 0.1) is 11.4 Å². The minimum absolute atomic E-state index is 0.0876. The van der Waals surface area contributed by atoms with E-state index in [-0.39, 0.29) is 18.2 Å². The molecule has 0 unspecified atom stereocenters. The lowest BCUT2D eigenvalue weighted by atomic mass is 9.99. The van der Waals surface area contributed by atoms with E-state index in [4.69, 9.17) is 10.2 Å². The Morgan fingerprint density at radius 1 is 1.00 bits per heavy atom. The van der Waals surface area contributed by atoms with Gasteiger partial charge in [-0.1, -0.05) is 43.2 Å². The standard InChI is InChI=1S/C25H30N4O4/c1-17-25(32)29(2)21-15-14-19(16-20(21)24(26-17)18-10-6-5-7-11-18)27-22(30)12-8-3-4-9-13-23(31)28-33/h5-7,10-11,14-17,33H,3-4,8-9,12-13H2,1-2H3,(H,27,30)(H,28,31)/t17-/m1/s1. The van der Waals surface area contributed by atoms with Crippen LogP contribution in [-0.2, 0) is 14.4 Å². The van der Waals surface area contributed by atoms with E-state index in [9.17, 15) is 14.4 Å². The molecule has 174 valence electrons. The molecule has 3 amide bonds. The Morgan fingerprint density at radius 3 is 2.33 bits per heavy atom. The average Bonchev–Trinajstić information content (AvgIpc) is 2.92. The Hall–Kier alpha value is -3.52. The van der Waals surface area contributed by atoms with Crippen molar-refractivity contribution >= 4 is 34.8 Å². The fraction of sp³-hybridized carbons (Fsp3) is 0.360. The van der Waals surface area contributed by atoms with Gasteiger partial charge in [-0.2, -0.15) is 0 Å². The number of unbranched alkanes of at least 4 members (excludes halogenated alkanes) is 3. The Labute approximate surface area is 193 Å². The van der Waals surface area contributed by atoms with Gasteiger partial charge in [0.25, 0.3) is 5.91 Å². The molecule has 0 aromatic heterocycles. The molecule has 3 N–H and O–H groups in total. The van der Waals surface area contributed by atoms with Crippen molar-refractivity contribution < 1.29 is 19.6 Å². The van der Waals surface area contributed by atoms with Crippen LogP contribution in [0.1, 0.15) is 56.6 Å². The third-order valence-electron chi connectivity index (χ3n) is 5.64. The molecule has 33 heavy (non-hydrogen) atoms. The summed E-state index contributed by atoms with van der Waals surface area (Å²) in [5.41, 5.74) is 5.44. The number of benzodiazepines with no additional fused rings is 1. The van der Waals surface area contributed by atoms with E-state index >= 15 is 0 Å². The van der Waals surface area contributed by atoms with Crippen molar-refractivity contribution in [2.45, 2.75) is 51.5 Å². The molecule has 0 fully saturated rings. The summed E-state index contributed by atoms with van der Waals surface area (Å²) in [7, 11) is 1.74. The van der Waals surface area contributed by atoms with E-state index in [0.717, 1.165) is 35.4 Å². The van der Waals surface area contributed by atoms with E-state index in [1.165, 1.54) is 0 Å². The van der Waals surface area contributed by atoms with Crippen molar-refractivity contribution in [3.8, 4) is 0 Å². The first kappa shape index (κ1) is 24.1. The molecule has 0 bridgehead atoms. The Morgan fingerprint density at radius 2 is 1.67 bits per heavy atom. The van der Waals surface area contributed by atoms with Gasteiger partial charge in [-0.3, -0.25) is 24.6 Å². The molecule has 8 heteroatoms. The summed E-state index contributed by atoms with van der Waals surface area (Å²) in [6, 6.07) is 14.7. The van der Waals surface area contributed by atoms with Crippen LogP contribution in [-0.4, -0.2) is 41.7 Å². The SMILES string of the molecule is C[C@H]1N=C(c2ccccc2)c2cc(NC(=O)CCCCCCC(=O)NO)ccc2N(C)C1=O. The predicted molar refractivity (Wildman–Crippen MR) is 128 cm³/mol. The highest BCUT2D eigenvalue weighted by Gasteiger charge is 2.27. The monoisotopic (exact) mass is 450 g/mol. The summed E-state index contributed by atoms with van der Waals surface area (Å²) in [6.45, 7) is 1.78. The molecule has 2 aromatic rings. The molecule has 8 nitrogen and oxygen atoms in total. The van der Waals surface area contributed by atoms with Gasteiger partial charge in [0.15, 0.2) is 0 Å². The highest BCUT2D eigenvalue weighted by Crippen LogP contribution is 2.30. The molecular formula is C25H30N4O4. The summed E-state index contributed by atoms with van der Waals surface area (Å²) >= 11 is 0. The average molecular weight is 451 g/mol. The van der Waals surface area contributed by atoms with Crippen LogP contribution < -0.4 is 15.7 Å². The van der Waals surface area contributed by atoms with Crippen LogP contribution in [0.3, 0.4) is 0 Å². The van der Waals surface area contributed by atoms with Gasteiger partial charge in [0, 0.05) is 36.7 Å². The number of carbonyl (C=O) groups is 3. The lowest BCUT2D eigenvalue weighted by molar-refractivity contribution is -0.129. The molecule has 1 atom stereocenters. The second-order valence-electron chi connectivity index (χ2n) is 8.15. The summed E-state index contributed by atoms with van der Waals surface area (Å²) in [4.78, 5) is 42.5. The summed E-state index contributed by atoms with van der Waals surface area (Å²) in [5, 5.41) is 11.4. The number of hydroxylamine groups is 1. The van der Waals surface area contributed by atoms with Crippen LogP contribution in [0.2, 0.25) is 0 Å². The van der Waals surface area contributed by atoms with E-state index in [1.54, 1.807) is 30.4 Å². The summed E-state index contributed by atoms with van der Waals surface area (Å²) in [6.07, 6.45) is 3.67. The first-order chi connectivity index (χ1) is 15.9. The third kappa shape index (κ3) is 6.26. The topological polar surface area (TPSA) is 111 Å². The molecule has 0 saturated heterocycles. The number of amides is 3. The Balaban J connectivity index is 1.70. The van der Waals surface area contributed by atoms with E-state index in [1.807, 2.05) is 42.5 Å². The van der Waals surface area contributed by atoms with E-state index < -0.39 is 11.9 Å². The van der Waals surface area contributed by atoms with Gasteiger partial charge >= 0.3 is 0 Å². The number of carbonyl (C=O) groups excluding carboxylic acids is 3. The Kier molecular flexibility index (Phi) is 8.32. The molecule has 0 saturated carbocycles. The fourth-order valence-electron chi connectivity index (χ4n) is 3.84. The van der Waals surface area contributed by atoms with Crippen molar-refractivity contribution in [2.75, 3.05) is 17.3 Å². The number of likely N-dealkylation sites (N-methyl/N-ethyl adjacent to an activating group) is 1. The number of nitrogens with one attached hydrogen (secondary N) is 2. The zero-order valence-corrected chi connectivity index (χ0v) is 19.0. The number of aliphatic imine (C=N–C) groups is 1. The second kappa shape index (κ2) is 11.4. The van der Waals surface area contributed by atoms with Crippen LogP contribution >= 0.6 is 0 Å². The van der Waals surface area contributed by atoms with Crippen molar-refractivity contribution in [2.24, 2.45) is 4.99 Å².